The van der Waals surface area contributed by atoms with Crippen molar-refractivity contribution in [1.29, 1.82) is 0 Å². The zero-order valence-electron chi connectivity index (χ0n) is 7.00. The first kappa shape index (κ1) is 10.0. The van der Waals surface area contributed by atoms with E-state index < -0.39 is 5.97 Å². The summed E-state index contributed by atoms with van der Waals surface area (Å²) < 4.78 is 0. The lowest BCUT2D eigenvalue weighted by molar-refractivity contribution is -0.133. The van der Waals surface area contributed by atoms with Gasteiger partial charge in [0.1, 0.15) is 0 Å². The van der Waals surface area contributed by atoms with Gasteiger partial charge >= 0.3 is 5.97 Å². The van der Waals surface area contributed by atoms with Crippen LogP contribution in [-0.4, -0.2) is 11.1 Å². The molecule has 0 aromatic heterocycles. The van der Waals surface area contributed by atoms with Crippen LogP contribution in [-0.2, 0) is 4.79 Å². The quantitative estimate of drug-likeness (QED) is 0.605. The number of nitrogens with two attached hydrogens (primary N) is 1. The van der Waals surface area contributed by atoms with Crippen LogP contribution in [0.4, 0.5) is 0 Å². The smallest absolute Gasteiger partial charge is 0.333 e. The predicted octanol–water partition coefficient (Wildman–Crippen LogP) is 1.35. The van der Waals surface area contributed by atoms with Crippen LogP contribution in [0.1, 0.15) is 26.7 Å². The fraction of sp³-hybridized carbons (Fsp3) is 0.625. The molecule has 0 saturated heterocycles. The highest BCUT2D eigenvalue weighted by molar-refractivity contribution is 5.86. The lowest BCUT2D eigenvalue weighted by Crippen LogP contribution is -2.13. The molecule has 0 saturated carbocycles. The lowest BCUT2D eigenvalue weighted by Gasteiger charge is -2.11. The van der Waals surface area contributed by atoms with E-state index in [1.165, 1.54) is 6.20 Å². The highest BCUT2D eigenvalue weighted by Crippen LogP contribution is 2.17. The van der Waals surface area contributed by atoms with Gasteiger partial charge in [0.2, 0.25) is 0 Å². The van der Waals surface area contributed by atoms with Gasteiger partial charge in [0.25, 0.3) is 0 Å². The van der Waals surface area contributed by atoms with Gasteiger partial charge in [-0.05, 0) is 18.8 Å². The van der Waals surface area contributed by atoms with E-state index in [4.69, 9.17) is 10.8 Å². The van der Waals surface area contributed by atoms with E-state index in [0.29, 0.717) is 5.57 Å². The summed E-state index contributed by atoms with van der Waals surface area (Å²) in [6, 6.07) is 0. The second kappa shape index (κ2) is 4.77. The van der Waals surface area contributed by atoms with E-state index in [1.807, 2.05) is 13.8 Å². The maximum absolute atomic E-state index is 10.5. The lowest BCUT2D eigenvalue weighted by atomic mass is 9.94. The first-order valence-corrected chi connectivity index (χ1v) is 3.82. The first-order chi connectivity index (χ1) is 5.17. The normalized spacial score (nSPS) is 12.1. The molecule has 0 heterocycles. The maximum atomic E-state index is 10.5. The predicted molar refractivity (Wildman–Crippen MR) is 44.0 cm³/mol. The minimum atomic E-state index is -0.902. The third kappa shape index (κ3) is 2.62. The summed E-state index contributed by atoms with van der Waals surface area (Å²) in [5, 5.41) is 8.66. The summed E-state index contributed by atoms with van der Waals surface area (Å²) in [5.41, 5.74) is 5.51. The molecule has 0 atom stereocenters. The van der Waals surface area contributed by atoms with E-state index in [9.17, 15) is 4.79 Å². The Morgan fingerprint density at radius 2 is 2.00 bits per heavy atom. The molecule has 0 fully saturated rings. The zero-order valence-corrected chi connectivity index (χ0v) is 7.00. The van der Waals surface area contributed by atoms with E-state index in [1.54, 1.807) is 0 Å². The molecule has 0 unspecified atom stereocenters. The van der Waals surface area contributed by atoms with Crippen LogP contribution < -0.4 is 5.73 Å². The second-order valence-electron chi connectivity index (χ2n) is 2.44. The Balaban J connectivity index is 4.36. The fourth-order valence-electron chi connectivity index (χ4n) is 1.11. The summed E-state index contributed by atoms with van der Waals surface area (Å²) in [6.45, 7) is 3.92. The van der Waals surface area contributed by atoms with Crippen molar-refractivity contribution in [3.05, 3.63) is 11.8 Å². The number of rotatable bonds is 4. The topological polar surface area (TPSA) is 63.3 Å². The fourth-order valence-corrected chi connectivity index (χ4v) is 1.11. The molecule has 11 heavy (non-hydrogen) atoms. The molecule has 0 spiro atoms. The maximum Gasteiger partial charge on any atom is 0.333 e. The molecule has 0 aliphatic carbocycles. The molecule has 3 heteroatoms. The SMILES string of the molecule is CCC(CC)C(=CN)C(=O)O. The van der Waals surface area contributed by atoms with Crippen LogP contribution in [0.2, 0.25) is 0 Å². The van der Waals surface area contributed by atoms with Gasteiger partial charge in [-0.25, -0.2) is 4.79 Å². The van der Waals surface area contributed by atoms with E-state index in [0.717, 1.165) is 12.8 Å². The molecule has 0 aromatic rings. The number of hydrogen-bond acceptors (Lipinski definition) is 2. The molecule has 0 aliphatic heterocycles. The number of aliphatic carboxylic acids is 1. The summed E-state index contributed by atoms with van der Waals surface area (Å²) >= 11 is 0. The van der Waals surface area contributed by atoms with Gasteiger partial charge in [-0.3, -0.25) is 0 Å². The zero-order chi connectivity index (χ0) is 8.85. The van der Waals surface area contributed by atoms with Gasteiger partial charge in [0, 0.05) is 6.20 Å². The van der Waals surface area contributed by atoms with Crippen molar-refractivity contribution in [1.82, 2.24) is 0 Å². The van der Waals surface area contributed by atoms with E-state index in [-0.39, 0.29) is 5.92 Å². The molecule has 0 amide bonds. The molecule has 0 bridgehead atoms. The number of carboxylic acid groups (broad SMARTS) is 1. The minimum absolute atomic E-state index is 0.0949. The van der Waals surface area contributed by atoms with Crippen LogP contribution in [0.15, 0.2) is 11.8 Å². The second-order valence-corrected chi connectivity index (χ2v) is 2.44. The largest absolute Gasteiger partial charge is 0.478 e. The van der Waals surface area contributed by atoms with Crippen LogP contribution >= 0.6 is 0 Å². The Labute approximate surface area is 66.9 Å². The molecular formula is C8H15NO2. The molecule has 0 rings (SSSR count). The molecule has 0 radical (unpaired) electrons. The number of carboxylic acids is 1. The van der Waals surface area contributed by atoms with Crippen molar-refractivity contribution >= 4 is 5.97 Å². The van der Waals surface area contributed by atoms with E-state index >= 15 is 0 Å². The van der Waals surface area contributed by atoms with E-state index in [2.05, 4.69) is 0 Å². The highest BCUT2D eigenvalue weighted by atomic mass is 16.4. The first-order valence-electron chi connectivity index (χ1n) is 3.82. The summed E-state index contributed by atoms with van der Waals surface area (Å²) in [6.07, 6.45) is 2.84. The standard InChI is InChI=1S/C8H15NO2/c1-3-6(4-2)7(5-9)8(10)11/h5-6H,3-4,9H2,1-2H3,(H,10,11). The Bertz CT molecular complexity index is 159. The monoisotopic (exact) mass is 157 g/mol. The van der Waals surface area contributed by atoms with Crippen molar-refractivity contribution in [3.8, 4) is 0 Å². The van der Waals surface area contributed by atoms with Crippen molar-refractivity contribution in [2.24, 2.45) is 11.7 Å². The van der Waals surface area contributed by atoms with Crippen molar-refractivity contribution in [2.45, 2.75) is 26.7 Å². The van der Waals surface area contributed by atoms with Crippen molar-refractivity contribution < 1.29 is 9.90 Å². The Kier molecular flexibility index (Phi) is 4.34. The molecule has 3 N–H and O–H groups in total. The average molecular weight is 157 g/mol. The summed E-state index contributed by atoms with van der Waals surface area (Å²) in [4.78, 5) is 10.5. The van der Waals surface area contributed by atoms with Crippen LogP contribution in [0.5, 0.6) is 0 Å². The summed E-state index contributed by atoms with van der Waals surface area (Å²) in [7, 11) is 0. The molecule has 0 aromatic carbocycles. The average Bonchev–Trinajstić information content (AvgIpc) is 1.99. The molecular weight excluding hydrogens is 142 g/mol. The third-order valence-electron chi connectivity index (χ3n) is 1.85. The van der Waals surface area contributed by atoms with Crippen LogP contribution in [0.3, 0.4) is 0 Å². The minimum Gasteiger partial charge on any atom is -0.478 e. The van der Waals surface area contributed by atoms with Gasteiger partial charge in [-0.1, -0.05) is 13.8 Å². The molecule has 3 nitrogen and oxygen atoms in total. The Morgan fingerprint density at radius 3 is 2.09 bits per heavy atom. The van der Waals surface area contributed by atoms with Gasteiger partial charge in [-0.2, -0.15) is 0 Å². The van der Waals surface area contributed by atoms with Crippen molar-refractivity contribution in [2.75, 3.05) is 0 Å². The summed E-state index contributed by atoms with van der Waals surface area (Å²) in [5.74, 6) is -0.807. The van der Waals surface area contributed by atoms with Gasteiger partial charge in [0.05, 0.1) is 5.57 Å². The Morgan fingerprint density at radius 1 is 1.55 bits per heavy atom. The van der Waals surface area contributed by atoms with Gasteiger partial charge in [-0.15, -0.1) is 0 Å². The van der Waals surface area contributed by atoms with Crippen LogP contribution in [0.25, 0.3) is 0 Å². The number of hydrogen-bond donors (Lipinski definition) is 2. The van der Waals surface area contributed by atoms with Crippen molar-refractivity contribution in [3.63, 3.8) is 0 Å². The third-order valence-corrected chi connectivity index (χ3v) is 1.85. The Hall–Kier alpha value is -0.990. The van der Waals surface area contributed by atoms with Crippen LogP contribution in [0, 0.1) is 5.92 Å². The number of carbonyl (C=O) groups is 1. The van der Waals surface area contributed by atoms with Gasteiger partial charge < -0.3 is 10.8 Å². The highest BCUT2D eigenvalue weighted by Gasteiger charge is 2.15. The molecule has 64 valence electrons. The van der Waals surface area contributed by atoms with Gasteiger partial charge in [0.15, 0.2) is 0 Å². The molecule has 0 aliphatic rings.